The number of benzene rings is 2. The van der Waals surface area contributed by atoms with E-state index in [1.807, 2.05) is 31.3 Å². The zero-order valence-electron chi connectivity index (χ0n) is 14.5. The smallest absolute Gasteiger partial charge is 0.271 e. The van der Waals surface area contributed by atoms with Gasteiger partial charge in [0.15, 0.2) is 0 Å². The topological polar surface area (TPSA) is 44.7 Å². The van der Waals surface area contributed by atoms with Crippen LogP contribution in [0.5, 0.6) is 0 Å². The van der Waals surface area contributed by atoms with E-state index in [0.29, 0.717) is 5.56 Å². The molecule has 0 bridgehead atoms. The van der Waals surface area contributed by atoms with Crippen molar-refractivity contribution in [3.63, 3.8) is 0 Å². The van der Waals surface area contributed by atoms with Gasteiger partial charge in [-0.1, -0.05) is 48.0 Å². The number of rotatable bonds is 3. The highest BCUT2D eigenvalue weighted by Crippen LogP contribution is 2.46. The standard InChI is InChI=1S/C20H20BrN3O/c1-20(2)16-6-4-5-7-17(16)24(3)18(20)12-13-22-23-19(25)14-8-10-15(21)11-9-14/h4-13H,1-3H3,(H,23,25)/b18-12-,22-13+. The lowest BCUT2D eigenvalue weighted by atomic mass is 9.84. The molecule has 0 saturated carbocycles. The molecule has 1 heterocycles. The van der Waals surface area contributed by atoms with Gasteiger partial charge in [-0.2, -0.15) is 5.10 Å². The maximum absolute atomic E-state index is 12.1. The molecule has 0 radical (unpaired) electrons. The Labute approximate surface area is 156 Å². The molecule has 5 heteroatoms. The number of halogens is 1. The molecule has 0 atom stereocenters. The summed E-state index contributed by atoms with van der Waals surface area (Å²) in [6, 6.07) is 15.5. The number of anilines is 1. The van der Waals surface area contributed by atoms with Crippen molar-refractivity contribution in [1.29, 1.82) is 0 Å². The Hall–Kier alpha value is -2.40. The molecule has 128 valence electrons. The van der Waals surface area contributed by atoms with Crippen LogP contribution in [0, 0.1) is 0 Å². The molecule has 1 aliphatic heterocycles. The van der Waals surface area contributed by atoms with E-state index in [1.54, 1.807) is 18.3 Å². The highest BCUT2D eigenvalue weighted by molar-refractivity contribution is 9.10. The van der Waals surface area contributed by atoms with Crippen molar-refractivity contribution in [1.82, 2.24) is 5.43 Å². The number of hydrogen-bond acceptors (Lipinski definition) is 3. The number of nitrogens with one attached hydrogen (secondary N) is 1. The molecule has 1 N–H and O–H groups in total. The van der Waals surface area contributed by atoms with Gasteiger partial charge in [-0.15, -0.1) is 0 Å². The zero-order valence-corrected chi connectivity index (χ0v) is 16.0. The largest absolute Gasteiger partial charge is 0.347 e. The first-order chi connectivity index (χ1) is 11.9. The third-order valence-corrected chi connectivity index (χ3v) is 5.05. The molecular weight excluding hydrogens is 378 g/mol. The number of hydrogen-bond donors (Lipinski definition) is 1. The maximum atomic E-state index is 12.1. The molecule has 1 aliphatic rings. The van der Waals surface area contributed by atoms with Crippen LogP contribution in [0.1, 0.15) is 29.8 Å². The van der Waals surface area contributed by atoms with Gasteiger partial charge in [0.05, 0.1) is 0 Å². The third-order valence-electron chi connectivity index (χ3n) is 4.52. The summed E-state index contributed by atoms with van der Waals surface area (Å²) in [5, 5.41) is 4.06. The molecule has 0 spiro atoms. The van der Waals surface area contributed by atoms with E-state index in [9.17, 15) is 4.79 Å². The van der Waals surface area contributed by atoms with Gasteiger partial charge in [-0.25, -0.2) is 5.43 Å². The number of allylic oxidation sites excluding steroid dienone is 2. The van der Waals surface area contributed by atoms with Crippen LogP contribution in [-0.2, 0) is 5.41 Å². The summed E-state index contributed by atoms with van der Waals surface area (Å²) in [4.78, 5) is 14.2. The first-order valence-corrected chi connectivity index (χ1v) is 8.83. The quantitative estimate of drug-likeness (QED) is 0.612. The number of fused-ring (bicyclic) bond motifs is 1. The Morgan fingerprint density at radius 2 is 1.84 bits per heavy atom. The second-order valence-electron chi connectivity index (χ2n) is 6.48. The fourth-order valence-electron chi connectivity index (χ4n) is 3.17. The Bertz CT molecular complexity index is 853. The highest BCUT2D eigenvalue weighted by Gasteiger charge is 2.37. The van der Waals surface area contributed by atoms with E-state index in [1.165, 1.54) is 11.3 Å². The van der Waals surface area contributed by atoms with E-state index in [-0.39, 0.29) is 11.3 Å². The van der Waals surface area contributed by atoms with Gasteiger partial charge in [0.2, 0.25) is 0 Å². The van der Waals surface area contributed by atoms with Gasteiger partial charge in [0, 0.05) is 40.1 Å². The molecule has 2 aromatic rings. The van der Waals surface area contributed by atoms with Crippen LogP contribution in [-0.4, -0.2) is 19.2 Å². The van der Waals surface area contributed by atoms with Crippen molar-refractivity contribution in [3.8, 4) is 0 Å². The van der Waals surface area contributed by atoms with Crippen LogP contribution in [0.25, 0.3) is 0 Å². The SMILES string of the molecule is CN1/C(=C\C=N\NC(=O)c2ccc(Br)cc2)C(C)(C)c2ccccc21. The molecule has 4 nitrogen and oxygen atoms in total. The Morgan fingerprint density at radius 1 is 1.16 bits per heavy atom. The van der Waals surface area contributed by atoms with Gasteiger partial charge in [-0.05, 0) is 42.0 Å². The summed E-state index contributed by atoms with van der Waals surface area (Å²) in [6.45, 7) is 4.38. The number of para-hydroxylation sites is 1. The zero-order chi connectivity index (χ0) is 18.0. The molecule has 0 fully saturated rings. The van der Waals surface area contributed by atoms with E-state index < -0.39 is 0 Å². The summed E-state index contributed by atoms with van der Waals surface area (Å²) < 4.78 is 0.934. The predicted molar refractivity (Wildman–Crippen MR) is 106 cm³/mol. The fourth-order valence-corrected chi connectivity index (χ4v) is 3.44. The lowest BCUT2D eigenvalue weighted by Crippen LogP contribution is -2.23. The van der Waals surface area contributed by atoms with E-state index in [4.69, 9.17) is 0 Å². The van der Waals surface area contributed by atoms with Crippen molar-refractivity contribution in [2.75, 3.05) is 11.9 Å². The van der Waals surface area contributed by atoms with Gasteiger partial charge in [0.25, 0.3) is 5.91 Å². The van der Waals surface area contributed by atoms with Crippen molar-refractivity contribution in [2.45, 2.75) is 19.3 Å². The van der Waals surface area contributed by atoms with Crippen LogP contribution in [0.4, 0.5) is 5.69 Å². The Kier molecular flexibility index (Phi) is 4.77. The Morgan fingerprint density at radius 3 is 2.52 bits per heavy atom. The highest BCUT2D eigenvalue weighted by atomic mass is 79.9. The molecule has 1 amide bonds. The van der Waals surface area contributed by atoms with Gasteiger partial charge in [0.1, 0.15) is 0 Å². The Balaban J connectivity index is 1.73. The summed E-state index contributed by atoms with van der Waals surface area (Å²) in [5.74, 6) is -0.232. The molecular formula is C20H20BrN3O. The van der Waals surface area contributed by atoms with Crippen LogP contribution in [0.15, 0.2) is 69.9 Å². The number of nitrogens with zero attached hydrogens (tertiary/aromatic N) is 2. The van der Waals surface area contributed by atoms with Crippen LogP contribution in [0.3, 0.4) is 0 Å². The van der Waals surface area contributed by atoms with Crippen LogP contribution in [0.2, 0.25) is 0 Å². The van der Waals surface area contributed by atoms with Crippen molar-refractivity contribution < 1.29 is 4.79 Å². The second-order valence-corrected chi connectivity index (χ2v) is 7.39. The summed E-state index contributed by atoms with van der Waals surface area (Å²) >= 11 is 3.35. The minimum Gasteiger partial charge on any atom is -0.347 e. The summed E-state index contributed by atoms with van der Waals surface area (Å²) in [5.41, 5.74) is 6.64. The number of hydrazone groups is 1. The fraction of sp³-hybridized carbons (Fsp3) is 0.200. The normalized spacial score (nSPS) is 17.1. The first-order valence-electron chi connectivity index (χ1n) is 8.04. The lowest BCUT2D eigenvalue weighted by molar-refractivity contribution is 0.0955. The van der Waals surface area contributed by atoms with Crippen LogP contribution < -0.4 is 10.3 Å². The number of likely N-dealkylation sites (N-methyl/N-ethyl adjacent to an activating group) is 1. The minimum atomic E-state index is -0.232. The molecule has 0 saturated heterocycles. The molecule has 25 heavy (non-hydrogen) atoms. The monoisotopic (exact) mass is 397 g/mol. The van der Waals surface area contributed by atoms with Gasteiger partial charge in [-0.3, -0.25) is 4.79 Å². The molecule has 2 aromatic carbocycles. The summed E-state index contributed by atoms with van der Waals surface area (Å²) in [7, 11) is 2.05. The number of amides is 1. The predicted octanol–water partition coefficient (Wildman–Crippen LogP) is 4.48. The van der Waals surface area contributed by atoms with Gasteiger partial charge >= 0.3 is 0 Å². The molecule has 0 aliphatic carbocycles. The van der Waals surface area contributed by atoms with Gasteiger partial charge < -0.3 is 4.90 Å². The van der Waals surface area contributed by atoms with Crippen molar-refractivity contribution in [3.05, 3.63) is 75.9 Å². The first kappa shape index (κ1) is 17.4. The van der Waals surface area contributed by atoms with Crippen LogP contribution >= 0.6 is 15.9 Å². The average molecular weight is 398 g/mol. The molecule has 3 rings (SSSR count). The molecule has 0 unspecified atom stereocenters. The van der Waals surface area contributed by atoms with E-state index >= 15 is 0 Å². The molecule has 0 aromatic heterocycles. The lowest BCUT2D eigenvalue weighted by Gasteiger charge is -2.23. The third kappa shape index (κ3) is 3.37. The van der Waals surface area contributed by atoms with Crippen molar-refractivity contribution >= 4 is 33.7 Å². The van der Waals surface area contributed by atoms with E-state index in [2.05, 4.69) is 63.4 Å². The maximum Gasteiger partial charge on any atom is 0.271 e. The van der Waals surface area contributed by atoms with Crippen molar-refractivity contribution in [2.24, 2.45) is 5.10 Å². The minimum absolute atomic E-state index is 0.104. The number of carbonyl (C=O) groups is 1. The summed E-state index contributed by atoms with van der Waals surface area (Å²) in [6.07, 6.45) is 3.58. The number of carbonyl (C=O) groups excluding carboxylic acids is 1. The second kappa shape index (κ2) is 6.84. The average Bonchev–Trinajstić information content (AvgIpc) is 2.79. The van der Waals surface area contributed by atoms with E-state index in [0.717, 1.165) is 10.2 Å².